The molecule has 10 heavy (non-hydrogen) atoms. The van der Waals surface area contributed by atoms with E-state index in [-0.39, 0.29) is 5.37 Å². The molecule has 0 radical (unpaired) electrons. The molecule has 0 spiro atoms. The third kappa shape index (κ3) is 0.865. The molecule has 0 aromatic rings. The number of hydrogen-bond acceptors (Lipinski definition) is 3. The number of aliphatic imine (C=N–C) groups is 1. The average Bonchev–Trinajstić information content (AvgIpc) is 2.27. The van der Waals surface area contributed by atoms with Gasteiger partial charge in [0, 0.05) is 6.20 Å². The highest BCUT2D eigenvalue weighted by Gasteiger charge is 2.19. The second kappa shape index (κ2) is 2.16. The van der Waals surface area contributed by atoms with Crippen molar-refractivity contribution < 1.29 is 0 Å². The first-order valence-electron chi connectivity index (χ1n) is 3.23. The van der Waals surface area contributed by atoms with Crippen molar-refractivity contribution in [1.82, 2.24) is 4.90 Å². The van der Waals surface area contributed by atoms with Crippen LogP contribution in [0.5, 0.6) is 0 Å². The number of hydrogen-bond donors (Lipinski definition) is 1. The average molecular weight is 152 g/mol. The van der Waals surface area contributed by atoms with E-state index in [1.54, 1.807) is 0 Å². The van der Waals surface area contributed by atoms with Gasteiger partial charge in [-0.25, -0.2) is 0 Å². The molecule has 0 saturated carbocycles. The predicted molar refractivity (Wildman–Crippen MR) is 45.2 cm³/mol. The van der Waals surface area contributed by atoms with Crippen LogP contribution in [0.3, 0.4) is 0 Å². The van der Waals surface area contributed by atoms with Crippen molar-refractivity contribution in [2.75, 3.05) is 6.54 Å². The van der Waals surface area contributed by atoms with Gasteiger partial charge >= 0.3 is 0 Å². The van der Waals surface area contributed by atoms with E-state index in [9.17, 15) is 0 Å². The summed E-state index contributed by atoms with van der Waals surface area (Å²) >= 11 is 4.25. The third-order valence-corrected chi connectivity index (χ3v) is 1.84. The quantitative estimate of drug-likeness (QED) is 0.513. The van der Waals surface area contributed by atoms with E-state index in [0.717, 1.165) is 12.4 Å². The molecule has 0 fully saturated rings. The van der Waals surface area contributed by atoms with E-state index in [0.29, 0.717) is 0 Å². The van der Waals surface area contributed by atoms with Crippen LogP contribution in [0.1, 0.15) is 0 Å². The van der Waals surface area contributed by atoms with Gasteiger partial charge in [-0.05, 0) is 12.2 Å². The molecule has 2 aliphatic heterocycles. The molecule has 2 heterocycles. The summed E-state index contributed by atoms with van der Waals surface area (Å²) in [6.07, 6.45) is 8.01. The molecule has 1 unspecified atom stereocenters. The molecule has 2 nitrogen and oxygen atoms in total. The van der Waals surface area contributed by atoms with Crippen LogP contribution in [0, 0.1) is 0 Å². The number of fused-ring (bicyclic) bond motifs is 1. The van der Waals surface area contributed by atoms with E-state index in [1.807, 2.05) is 24.4 Å². The first-order valence-corrected chi connectivity index (χ1v) is 3.75. The minimum atomic E-state index is 0.155. The van der Waals surface area contributed by atoms with Crippen molar-refractivity contribution in [3.63, 3.8) is 0 Å². The Labute approximate surface area is 65.3 Å². The molecule has 52 valence electrons. The molecule has 2 aliphatic rings. The Morgan fingerprint density at radius 3 is 3.30 bits per heavy atom. The van der Waals surface area contributed by atoms with Crippen molar-refractivity contribution in [2.45, 2.75) is 5.37 Å². The molecule has 0 amide bonds. The van der Waals surface area contributed by atoms with E-state index in [2.05, 4.69) is 22.5 Å². The molecule has 0 aromatic heterocycles. The second-order valence-corrected chi connectivity index (χ2v) is 2.92. The van der Waals surface area contributed by atoms with Crippen molar-refractivity contribution in [3.05, 3.63) is 24.4 Å². The normalized spacial score (nSPS) is 28.7. The lowest BCUT2D eigenvalue weighted by molar-refractivity contribution is 0.599. The van der Waals surface area contributed by atoms with Crippen LogP contribution in [-0.4, -0.2) is 22.7 Å². The summed E-state index contributed by atoms with van der Waals surface area (Å²) in [5, 5.41) is 0.155. The van der Waals surface area contributed by atoms with Gasteiger partial charge in [0.25, 0.3) is 0 Å². The predicted octanol–water partition coefficient (Wildman–Crippen LogP) is 1.04. The standard InChI is InChI=1S/C7H8N2S/c10-7-5-9-4-2-1-3-6(9)8-7/h1-4,7,10H,5H2. The Bertz CT molecular complexity index is 230. The Kier molecular flexibility index (Phi) is 1.31. The minimum absolute atomic E-state index is 0.155. The van der Waals surface area contributed by atoms with Gasteiger partial charge in [-0.3, -0.25) is 4.99 Å². The number of allylic oxidation sites excluding steroid dienone is 2. The second-order valence-electron chi connectivity index (χ2n) is 2.32. The molecule has 0 N–H and O–H groups in total. The fraction of sp³-hybridized carbons (Fsp3) is 0.286. The van der Waals surface area contributed by atoms with Gasteiger partial charge in [-0.15, -0.1) is 0 Å². The van der Waals surface area contributed by atoms with Crippen molar-refractivity contribution in [2.24, 2.45) is 4.99 Å². The number of amidine groups is 1. The fourth-order valence-electron chi connectivity index (χ4n) is 1.11. The zero-order chi connectivity index (χ0) is 6.97. The first kappa shape index (κ1) is 6.04. The number of nitrogens with zero attached hydrogens (tertiary/aromatic N) is 2. The van der Waals surface area contributed by atoms with Gasteiger partial charge in [0.05, 0.1) is 6.54 Å². The summed E-state index contributed by atoms with van der Waals surface area (Å²) in [5.74, 6) is 1.03. The summed E-state index contributed by atoms with van der Waals surface area (Å²) in [6.45, 7) is 0.902. The molecule has 0 aliphatic carbocycles. The topological polar surface area (TPSA) is 15.6 Å². The van der Waals surface area contributed by atoms with Crippen LogP contribution in [0.15, 0.2) is 29.4 Å². The SMILES string of the molecule is SC1CN2C=CC=CC2=N1. The maximum absolute atomic E-state index is 4.28. The smallest absolute Gasteiger partial charge is 0.128 e. The van der Waals surface area contributed by atoms with Gasteiger partial charge in [0.15, 0.2) is 0 Å². The van der Waals surface area contributed by atoms with E-state index >= 15 is 0 Å². The zero-order valence-electron chi connectivity index (χ0n) is 5.44. The molecule has 0 bridgehead atoms. The summed E-state index contributed by atoms with van der Waals surface area (Å²) in [5.41, 5.74) is 0. The van der Waals surface area contributed by atoms with Crippen molar-refractivity contribution >= 4 is 18.5 Å². The van der Waals surface area contributed by atoms with Gasteiger partial charge in [0.2, 0.25) is 0 Å². The Morgan fingerprint density at radius 1 is 1.60 bits per heavy atom. The largest absolute Gasteiger partial charge is 0.330 e. The van der Waals surface area contributed by atoms with Crippen LogP contribution in [-0.2, 0) is 0 Å². The summed E-state index contributed by atoms with van der Waals surface area (Å²) in [4.78, 5) is 6.37. The highest BCUT2D eigenvalue weighted by Crippen LogP contribution is 2.15. The van der Waals surface area contributed by atoms with Crippen LogP contribution < -0.4 is 0 Å². The first-order chi connectivity index (χ1) is 4.86. The van der Waals surface area contributed by atoms with Gasteiger partial charge in [0.1, 0.15) is 11.2 Å². The Hall–Kier alpha value is -0.700. The lowest BCUT2D eigenvalue weighted by Gasteiger charge is -2.14. The molecule has 2 rings (SSSR count). The Balaban J connectivity index is 2.29. The lowest BCUT2D eigenvalue weighted by atomic mass is 10.3. The summed E-state index contributed by atoms with van der Waals surface area (Å²) in [7, 11) is 0. The highest BCUT2D eigenvalue weighted by molar-refractivity contribution is 7.81. The molecule has 0 aromatic carbocycles. The van der Waals surface area contributed by atoms with Crippen LogP contribution in [0.4, 0.5) is 0 Å². The van der Waals surface area contributed by atoms with E-state index in [4.69, 9.17) is 0 Å². The number of rotatable bonds is 0. The maximum atomic E-state index is 4.28. The van der Waals surface area contributed by atoms with Crippen LogP contribution in [0.25, 0.3) is 0 Å². The lowest BCUT2D eigenvalue weighted by Crippen LogP contribution is -2.22. The number of thiol groups is 1. The summed E-state index contributed by atoms with van der Waals surface area (Å²) < 4.78 is 0. The molecular weight excluding hydrogens is 144 g/mol. The van der Waals surface area contributed by atoms with Gasteiger partial charge < -0.3 is 4.90 Å². The maximum Gasteiger partial charge on any atom is 0.128 e. The third-order valence-electron chi connectivity index (χ3n) is 1.56. The molecule has 3 heteroatoms. The molecule has 1 atom stereocenters. The van der Waals surface area contributed by atoms with Gasteiger partial charge in [-0.1, -0.05) is 6.08 Å². The Morgan fingerprint density at radius 2 is 2.50 bits per heavy atom. The monoisotopic (exact) mass is 152 g/mol. The van der Waals surface area contributed by atoms with Crippen LogP contribution in [0.2, 0.25) is 0 Å². The zero-order valence-corrected chi connectivity index (χ0v) is 6.33. The summed E-state index contributed by atoms with van der Waals surface area (Å²) in [6, 6.07) is 0. The van der Waals surface area contributed by atoms with E-state index in [1.165, 1.54) is 0 Å². The van der Waals surface area contributed by atoms with Crippen molar-refractivity contribution in [3.8, 4) is 0 Å². The molecular formula is C7H8N2S. The molecule has 0 saturated heterocycles. The van der Waals surface area contributed by atoms with Gasteiger partial charge in [-0.2, -0.15) is 12.6 Å². The highest BCUT2D eigenvalue weighted by atomic mass is 32.1. The fourth-order valence-corrected chi connectivity index (χ4v) is 1.40. The van der Waals surface area contributed by atoms with Crippen LogP contribution >= 0.6 is 12.6 Å². The van der Waals surface area contributed by atoms with Crippen molar-refractivity contribution in [1.29, 1.82) is 0 Å². The van der Waals surface area contributed by atoms with E-state index < -0.39 is 0 Å². The minimum Gasteiger partial charge on any atom is -0.330 e.